The van der Waals surface area contributed by atoms with Crippen molar-refractivity contribution in [2.24, 2.45) is 0 Å². The zero-order valence-corrected chi connectivity index (χ0v) is 39.1. The van der Waals surface area contributed by atoms with E-state index < -0.39 is 46.2 Å². The van der Waals surface area contributed by atoms with Gasteiger partial charge in [-0.2, -0.15) is 0 Å². The van der Waals surface area contributed by atoms with E-state index in [4.69, 9.17) is 53.6 Å². The summed E-state index contributed by atoms with van der Waals surface area (Å²) in [4.78, 5) is 60.1. The lowest BCUT2D eigenvalue weighted by atomic mass is 10.2. The Hall–Kier alpha value is -8.88. The molecular formula is C50H38Cl2F4N8O8. The normalized spacial score (nSPS) is 10.7. The highest BCUT2D eigenvalue weighted by molar-refractivity contribution is 6.34. The monoisotopic (exact) mass is 1020 g/mol. The number of anilines is 4. The highest BCUT2D eigenvalue weighted by Crippen LogP contribution is 2.36. The van der Waals surface area contributed by atoms with Gasteiger partial charge in [-0.3, -0.25) is 28.3 Å². The van der Waals surface area contributed by atoms with Crippen LogP contribution in [0.25, 0.3) is 11.4 Å². The van der Waals surface area contributed by atoms with Gasteiger partial charge in [-0.15, -0.1) is 0 Å². The molecule has 16 nitrogen and oxygen atoms in total. The SMILES string of the molecule is CCOc1ccn(-c2ccc(F)cc2)c(=O)c1C(=O)Nc1ccc(Oc2ccnc(N)c2Cl)c(F)c1.CCOc1ccn(-c2ccc(F)cc2)c(=O)c1C(=O)Nc1ccc(Oc2ccnc(N)c2Cl)c(F)c1. The molecule has 0 atom stereocenters. The Morgan fingerprint density at radius 1 is 0.542 bits per heavy atom. The maximum atomic E-state index is 14.7. The van der Waals surface area contributed by atoms with Crippen LogP contribution in [0.15, 0.2) is 144 Å². The second kappa shape index (κ2) is 22.7. The van der Waals surface area contributed by atoms with Crippen molar-refractivity contribution < 1.29 is 46.1 Å². The van der Waals surface area contributed by atoms with Crippen LogP contribution in [-0.2, 0) is 0 Å². The van der Waals surface area contributed by atoms with E-state index in [1.54, 1.807) is 13.8 Å². The Morgan fingerprint density at radius 3 is 1.26 bits per heavy atom. The van der Waals surface area contributed by atoms with Gasteiger partial charge < -0.3 is 41.0 Å². The van der Waals surface area contributed by atoms with E-state index in [9.17, 15) is 36.7 Å². The van der Waals surface area contributed by atoms with Gasteiger partial charge in [0.05, 0.1) is 13.2 Å². The number of ether oxygens (including phenoxy) is 4. The van der Waals surface area contributed by atoms with E-state index in [1.165, 1.54) is 131 Å². The third-order valence-corrected chi connectivity index (χ3v) is 10.7. The summed E-state index contributed by atoms with van der Waals surface area (Å²) >= 11 is 12.1. The number of nitrogens with two attached hydrogens (primary N) is 2. The van der Waals surface area contributed by atoms with Crippen LogP contribution in [0.3, 0.4) is 0 Å². The van der Waals surface area contributed by atoms with E-state index in [-0.39, 0.29) is 91.9 Å². The Labute approximate surface area is 415 Å². The summed E-state index contributed by atoms with van der Waals surface area (Å²) in [6.07, 6.45) is 5.55. The molecule has 0 fully saturated rings. The maximum absolute atomic E-state index is 14.7. The smallest absolute Gasteiger partial charge is 0.271 e. The highest BCUT2D eigenvalue weighted by atomic mass is 35.5. The number of carbonyl (C=O) groups is 2. The third-order valence-electron chi connectivity index (χ3n) is 9.95. The molecule has 4 aromatic carbocycles. The van der Waals surface area contributed by atoms with Gasteiger partial charge in [0.25, 0.3) is 22.9 Å². The Morgan fingerprint density at radius 2 is 0.917 bits per heavy atom. The van der Waals surface area contributed by atoms with Crippen LogP contribution < -0.4 is 52.2 Å². The van der Waals surface area contributed by atoms with E-state index in [0.717, 1.165) is 12.1 Å². The Balaban J connectivity index is 0.000000211. The van der Waals surface area contributed by atoms with Crippen molar-refractivity contribution in [1.29, 1.82) is 0 Å². The van der Waals surface area contributed by atoms with Gasteiger partial charge in [0, 0.05) is 71.8 Å². The molecule has 4 aromatic heterocycles. The molecule has 0 radical (unpaired) electrons. The van der Waals surface area contributed by atoms with Gasteiger partial charge in [0.15, 0.2) is 34.6 Å². The number of nitrogens with zero attached hydrogens (tertiary/aromatic N) is 4. The first-order valence-electron chi connectivity index (χ1n) is 21.2. The average molecular weight is 1030 g/mol. The number of benzene rings is 4. The van der Waals surface area contributed by atoms with Crippen LogP contribution >= 0.6 is 23.2 Å². The van der Waals surface area contributed by atoms with Crippen molar-refractivity contribution in [2.75, 3.05) is 35.3 Å². The molecule has 2 amide bonds. The topological polar surface area (TPSA) is 217 Å². The van der Waals surface area contributed by atoms with Crippen LogP contribution in [0.5, 0.6) is 34.5 Å². The molecule has 8 rings (SSSR count). The number of carbonyl (C=O) groups excluding carboxylic acids is 2. The molecular weight excluding hydrogens is 987 g/mol. The van der Waals surface area contributed by atoms with Gasteiger partial charge in [0.1, 0.15) is 55.9 Å². The first-order chi connectivity index (χ1) is 34.6. The van der Waals surface area contributed by atoms with Crippen LogP contribution in [0.4, 0.5) is 40.6 Å². The van der Waals surface area contributed by atoms with Crippen LogP contribution in [0.1, 0.15) is 34.6 Å². The van der Waals surface area contributed by atoms with Gasteiger partial charge in [-0.1, -0.05) is 23.2 Å². The molecule has 6 N–H and O–H groups in total. The van der Waals surface area contributed by atoms with Crippen LogP contribution in [0.2, 0.25) is 10.0 Å². The lowest BCUT2D eigenvalue weighted by Crippen LogP contribution is -2.29. The number of rotatable bonds is 14. The van der Waals surface area contributed by atoms with Crippen LogP contribution in [0, 0.1) is 23.3 Å². The molecule has 8 aromatic rings. The minimum atomic E-state index is -0.821. The maximum Gasteiger partial charge on any atom is 0.271 e. The number of nitrogen functional groups attached to an aromatic ring is 2. The summed E-state index contributed by atoms with van der Waals surface area (Å²) in [5.41, 5.74) is 10.1. The number of amides is 2. The molecule has 0 saturated carbocycles. The summed E-state index contributed by atoms with van der Waals surface area (Å²) in [6, 6.07) is 23.5. The van der Waals surface area contributed by atoms with Crippen molar-refractivity contribution in [2.45, 2.75) is 13.8 Å². The minimum Gasteiger partial charge on any atom is -0.493 e. The number of aromatic nitrogens is 4. The Kier molecular flexibility index (Phi) is 16.1. The van der Waals surface area contributed by atoms with Crippen molar-refractivity contribution in [3.05, 3.63) is 199 Å². The van der Waals surface area contributed by atoms with Gasteiger partial charge in [-0.05, 0) is 98.8 Å². The predicted octanol–water partition coefficient (Wildman–Crippen LogP) is 10.4. The van der Waals surface area contributed by atoms with E-state index >= 15 is 0 Å². The van der Waals surface area contributed by atoms with E-state index in [1.807, 2.05) is 0 Å². The van der Waals surface area contributed by atoms with Gasteiger partial charge >= 0.3 is 0 Å². The standard InChI is InChI=1S/2C25H19ClF2N4O4/c2*1-2-35-19-10-12-32(16-6-3-14(27)4-7-16)25(34)21(19)24(33)31-15-5-8-18(17(28)13-15)36-20-9-11-30-23(29)22(20)26/h2*3-13H,2H2,1H3,(H2,29,30)(H,31,33). The minimum absolute atomic E-state index is 0.0257. The summed E-state index contributed by atoms with van der Waals surface area (Å²) in [5.74, 6) is -4.19. The lowest BCUT2D eigenvalue weighted by Gasteiger charge is -2.14. The molecule has 0 unspecified atom stereocenters. The summed E-state index contributed by atoms with van der Waals surface area (Å²) in [5, 5.41) is 5.04. The third kappa shape index (κ3) is 11.7. The fraction of sp³-hybridized carbons (Fsp3) is 0.0800. The molecule has 0 aliphatic rings. The summed E-state index contributed by atoms with van der Waals surface area (Å²) < 4.78 is 80.3. The van der Waals surface area contributed by atoms with E-state index in [2.05, 4.69) is 20.6 Å². The number of hydrogen-bond donors (Lipinski definition) is 4. The number of halogens is 6. The second-order valence-electron chi connectivity index (χ2n) is 14.7. The molecule has 72 heavy (non-hydrogen) atoms. The molecule has 0 saturated heterocycles. The molecule has 0 bridgehead atoms. The van der Waals surface area contributed by atoms with Crippen molar-refractivity contribution in [1.82, 2.24) is 19.1 Å². The first-order valence-corrected chi connectivity index (χ1v) is 22.0. The first kappa shape index (κ1) is 51.0. The number of pyridine rings is 4. The molecule has 0 aliphatic carbocycles. The lowest BCUT2D eigenvalue weighted by molar-refractivity contribution is 0.101. The largest absolute Gasteiger partial charge is 0.493 e. The second-order valence-corrected chi connectivity index (χ2v) is 15.5. The summed E-state index contributed by atoms with van der Waals surface area (Å²) in [6.45, 7) is 3.79. The molecule has 368 valence electrons. The van der Waals surface area contributed by atoms with Crippen molar-refractivity contribution in [3.8, 4) is 45.9 Å². The summed E-state index contributed by atoms with van der Waals surface area (Å²) in [7, 11) is 0. The molecule has 4 heterocycles. The van der Waals surface area contributed by atoms with Gasteiger partial charge in [-0.25, -0.2) is 27.5 Å². The molecule has 0 spiro atoms. The highest BCUT2D eigenvalue weighted by Gasteiger charge is 2.23. The fourth-order valence-electron chi connectivity index (χ4n) is 6.60. The predicted molar refractivity (Wildman–Crippen MR) is 263 cm³/mol. The van der Waals surface area contributed by atoms with E-state index in [0.29, 0.717) is 11.4 Å². The number of hydrogen-bond acceptors (Lipinski definition) is 12. The zero-order chi connectivity index (χ0) is 51.6. The Bertz CT molecular complexity index is 3210. The van der Waals surface area contributed by atoms with Crippen LogP contribution in [-0.4, -0.2) is 44.1 Å². The van der Waals surface area contributed by atoms with Crippen molar-refractivity contribution >= 4 is 58.0 Å². The zero-order valence-electron chi connectivity index (χ0n) is 37.6. The quantitative estimate of drug-likeness (QED) is 0.0748. The number of nitrogens with one attached hydrogen (secondary N) is 2. The fourth-order valence-corrected chi connectivity index (χ4v) is 6.91. The average Bonchev–Trinajstić information content (AvgIpc) is 3.35. The molecule has 0 aliphatic heterocycles. The van der Waals surface area contributed by atoms with Gasteiger partial charge in [0.2, 0.25) is 0 Å². The molecule has 22 heteroatoms. The van der Waals surface area contributed by atoms with Crippen molar-refractivity contribution in [3.63, 3.8) is 0 Å².